The first-order valence-corrected chi connectivity index (χ1v) is 9.23. The Kier molecular flexibility index (Phi) is 6.37. The lowest BCUT2D eigenvalue weighted by molar-refractivity contribution is -0.111. The van der Waals surface area contributed by atoms with E-state index in [4.69, 9.17) is 0 Å². The molecule has 2 heteroatoms. The van der Waals surface area contributed by atoms with Gasteiger partial charge in [-0.25, -0.2) is 0 Å². The molecule has 0 aliphatic heterocycles. The van der Waals surface area contributed by atoms with Crippen molar-refractivity contribution in [2.24, 2.45) is 11.3 Å². The van der Waals surface area contributed by atoms with Gasteiger partial charge >= 0.3 is 0 Å². The highest BCUT2D eigenvalue weighted by atomic mass is 16.1. The number of Topliss-reactive ketones (excluding diaryl/α,β-unsaturated/α-hetero) is 1. The molecule has 0 bridgehead atoms. The second-order valence-electron chi connectivity index (χ2n) is 6.90. The van der Waals surface area contributed by atoms with E-state index >= 15 is 0 Å². The maximum Gasteiger partial charge on any atom is 0.231 e. The second kappa shape index (κ2) is 8.29. The van der Waals surface area contributed by atoms with Crippen LogP contribution in [0.4, 0.5) is 0 Å². The zero-order chi connectivity index (χ0) is 17.6. The summed E-state index contributed by atoms with van der Waals surface area (Å²) < 4.78 is 0. The molecule has 0 heterocycles. The Morgan fingerprint density at radius 1 is 1.21 bits per heavy atom. The molecular weight excluding hydrogens is 296 g/mol. The van der Waals surface area contributed by atoms with Crippen molar-refractivity contribution in [3.8, 4) is 11.8 Å². The molecule has 0 saturated carbocycles. The van der Waals surface area contributed by atoms with Crippen molar-refractivity contribution in [3.63, 3.8) is 0 Å². The topological polar surface area (TPSA) is 34.1 Å². The first kappa shape index (κ1) is 18.5. The maximum atomic E-state index is 12.7. The van der Waals surface area contributed by atoms with Crippen LogP contribution in [0.1, 0.15) is 65.7 Å². The lowest BCUT2D eigenvalue weighted by atomic mass is 9.70. The van der Waals surface area contributed by atoms with Crippen LogP contribution in [0, 0.1) is 23.2 Å². The Hall–Kier alpha value is -1.88. The summed E-state index contributed by atoms with van der Waals surface area (Å²) in [4.78, 5) is 24.2. The van der Waals surface area contributed by atoms with E-state index in [0.29, 0.717) is 5.92 Å². The molecule has 2 aliphatic rings. The molecule has 1 atom stereocenters. The summed E-state index contributed by atoms with van der Waals surface area (Å²) in [5.41, 5.74) is 1.81. The van der Waals surface area contributed by atoms with Crippen LogP contribution in [0.2, 0.25) is 0 Å². The van der Waals surface area contributed by atoms with Crippen molar-refractivity contribution >= 4 is 11.6 Å². The molecule has 0 aromatic heterocycles. The van der Waals surface area contributed by atoms with Crippen molar-refractivity contribution in [2.45, 2.75) is 65.7 Å². The van der Waals surface area contributed by atoms with E-state index in [9.17, 15) is 9.59 Å². The monoisotopic (exact) mass is 324 g/mol. The van der Waals surface area contributed by atoms with Gasteiger partial charge in [0.05, 0.1) is 0 Å². The van der Waals surface area contributed by atoms with E-state index in [0.717, 1.165) is 50.5 Å². The third kappa shape index (κ3) is 3.78. The third-order valence-electron chi connectivity index (χ3n) is 5.17. The minimum Gasteiger partial charge on any atom is -0.290 e. The number of hydrogen-bond acceptors (Lipinski definition) is 2. The van der Waals surface area contributed by atoms with Gasteiger partial charge in [-0.1, -0.05) is 51.7 Å². The average molecular weight is 324 g/mol. The smallest absolute Gasteiger partial charge is 0.231 e. The molecular formula is C22H28O2. The van der Waals surface area contributed by atoms with Gasteiger partial charge in [-0.2, -0.15) is 0 Å². The van der Waals surface area contributed by atoms with Gasteiger partial charge in [0, 0.05) is 17.4 Å². The number of allylic oxidation sites excluding steroid dienone is 6. The van der Waals surface area contributed by atoms with Crippen LogP contribution < -0.4 is 0 Å². The fourth-order valence-corrected chi connectivity index (χ4v) is 3.67. The fourth-order valence-electron chi connectivity index (χ4n) is 3.67. The molecule has 0 radical (unpaired) electrons. The molecule has 24 heavy (non-hydrogen) atoms. The quantitative estimate of drug-likeness (QED) is 0.393. The summed E-state index contributed by atoms with van der Waals surface area (Å²) in [7, 11) is 0. The first-order chi connectivity index (χ1) is 11.5. The van der Waals surface area contributed by atoms with Crippen molar-refractivity contribution < 1.29 is 9.59 Å². The van der Waals surface area contributed by atoms with Crippen LogP contribution in [-0.2, 0) is 9.59 Å². The minimum absolute atomic E-state index is 0.0142. The first-order valence-electron chi connectivity index (χ1n) is 9.23. The van der Waals surface area contributed by atoms with Gasteiger partial charge in [-0.3, -0.25) is 9.59 Å². The van der Waals surface area contributed by atoms with Gasteiger partial charge in [0.1, 0.15) is 0 Å². The highest BCUT2D eigenvalue weighted by molar-refractivity contribution is 6.10. The van der Waals surface area contributed by atoms with Crippen LogP contribution in [0.5, 0.6) is 0 Å². The van der Waals surface area contributed by atoms with Gasteiger partial charge < -0.3 is 0 Å². The number of hydrogen-bond donors (Lipinski definition) is 0. The van der Waals surface area contributed by atoms with Gasteiger partial charge in [-0.05, 0) is 55.2 Å². The summed E-state index contributed by atoms with van der Waals surface area (Å²) in [5, 5.41) is 0. The van der Waals surface area contributed by atoms with E-state index in [1.807, 2.05) is 12.2 Å². The molecule has 0 unspecified atom stereocenters. The van der Waals surface area contributed by atoms with Crippen molar-refractivity contribution in [1.82, 2.24) is 0 Å². The molecule has 128 valence electrons. The average Bonchev–Trinajstić information content (AvgIpc) is 2.84. The molecule has 0 saturated heterocycles. The molecule has 0 fully saturated rings. The van der Waals surface area contributed by atoms with Crippen molar-refractivity contribution in [1.29, 1.82) is 0 Å². The number of ketones is 2. The number of rotatable bonds is 6. The highest BCUT2D eigenvalue weighted by Crippen LogP contribution is 2.52. The predicted molar refractivity (Wildman–Crippen MR) is 98.4 cm³/mol. The number of unbranched alkanes of at least 4 members (excludes halogenated alkanes) is 3. The van der Waals surface area contributed by atoms with E-state index in [-0.39, 0.29) is 17.0 Å². The van der Waals surface area contributed by atoms with Crippen molar-refractivity contribution in [2.75, 3.05) is 0 Å². The molecule has 0 N–H and O–H groups in total. The standard InChI is InChI=1S/C22H28O2/c1-4-6-8-9-11-21(24)19-16-17(3)22(20(19)10-7-5-2)14-12-18(23)13-15-22/h12-15,17H,4-8,10,16H2,1-3H3/t17-/m0/s1. The zero-order valence-corrected chi connectivity index (χ0v) is 15.2. The molecule has 0 aromatic rings. The normalized spacial score (nSPS) is 21.3. The zero-order valence-electron chi connectivity index (χ0n) is 15.2. The Morgan fingerprint density at radius 2 is 1.88 bits per heavy atom. The van der Waals surface area contributed by atoms with Crippen LogP contribution >= 0.6 is 0 Å². The SMILES string of the molecule is CCCCC#CC(=O)C1=C(CCCC)C2(C=CC(=O)C=C2)[C@@H](C)C1. The van der Waals surface area contributed by atoms with Crippen LogP contribution in [-0.4, -0.2) is 11.6 Å². The van der Waals surface area contributed by atoms with Gasteiger partial charge in [-0.15, -0.1) is 0 Å². The minimum atomic E-state index is -0.265. The Labute approximate surface area is 146 Å². The van der Waals surface area contributed by atoms with Crippen LogP contribution in [0.25, 0.3) is 0 Å². The molecule has 1 spiro atoms. The maximum absolute atomic E-state index is 12.7. The van der Waals surface area contributed by atoms with Crippen LogP contribution in [0.15, 0.2) is 35.5 Å². The van der Waals surface area contributed by atoms with E-state index < -0.39 is 0 Å². The third-order valence-corrected chi connectivity index (χ3v) is 5.17. The lowest BCUT2D eigenvalue weighted by Crippen LogP contribution is -2.25. The van der Waals surface area contributed by atoms with Gasteiger partial charge in [0.15, 0.2) is 5.78 Å². The van der Waals surface area contributed by atoms with E-state index in [2.05, 4.69) is 32.6 Å². The second-order valence-corrected chi connectivity index (χ2v) is 6.90. The van der Waals surface area contributed by atoms with Crippen LogP contribution in [0.3, 0.4) is 0 Å². The lowest BCUT2D eigenvalue weighted by Gasteiger charge is -2.32. The van der Waals surface area contributed by atoms with Gasteiger partial charge in [0.25, 0.3) is 0 Å². The number of carbonyl (C=O) groups is 2. The molecule has 2 rings (SSSR count). The summed E-state index contributed by atoms with van der Waals surface area (Å²) in [5.74, 6) is 6.19. The summed E-state index contributed by atoms with van der Waals surface area (Å²) in [6.07, 6.45) is 14.0. The molecule has 0 amide bonds. The fraction of sp³-hybridized carbons (Fsp3) is 0.545. The van der Waals surface area contributed by atoms with Gasteiger partial charge in [0.2, 0.25) is 5.78 Å². The summed E-state index contributed by atoms with van der Waals surface area (Å²) in [6.45, 7) is 6.45. The Bertz CT molecular complexity index is 633. The van der Waals surface area contributed by atoms with Crippen molar-refractivity contribution in [3.05, 3.63) is 35.5 Å². The highest BCUT2D eigenvalue weighted by Gasteiger charge is 2.44. The number of carbonyl (C=O) groups excluding carboxylic acids is 2. The Morgan fingerprint density at radius 3 is 2.50 bits per heavy atom. The van der Waals surface area contributed by atoms with E-state index in [1.165, 1.54) is 5.57 Å². The van der Waals surface area contributed by atoms with E-state index in [1.54, 1.807) is 12.2 Å². The summed E-state index contributed by atoms with van der Waals surface area (Å²) in [6, 6.07) is 0. The molecule has 2 aliphatic carbocycles. The largest absolute Gasteiger partial charge is 0.290 e. The molecule has 0 aromatic carbocycles. The summed E-state index contributed by atoms with van der Waals surface area (Å²) >= 11 is 0. The Balaban J connectivity index is 2.35. The molecule has 2 nitrogen and oxygen atoms in total. The predicted octanol–water partition coefficient (Wildman–Crippen LogP) is 4.96.